The maximum Gasteiger partial charge on any atom is 0.255 e. The molecule has 0 aliphatic carbocycles. The Balaban J connectivity index is 1.16. The number of benzene rings is 3. The average Bonchev–Trinajstić information content (AvgIpc) is 3.69. The number of carbonyl (C=O) groups is 3. The maximum atomic E-state index is 14.1. The zero-order chi connectivity index (χ0) is 29.0. The lowest BCUT2D eigenvalue weighted by Gasteiger charge is -2.37. The molecule has 42 heavy (non-hydrogen) atoms. The third-order valence-corrected chi connectivity index (χ3v) is 8.40. The standard InChI is InChI=1S/C33H32N4O5/c1-18(2)13-25(31(38)34-16-19-11-12-27-28(14-19)42-17-41-27)36-32(39)26-15-23-20-7-5-6-10-24(20)35-29(23)30-21-8-3-4-9-22(21)33(40)37(26)30/h3-12,14,18,25-26,30,35H,13,15-17H2,1-2H3,(H,34,38)(H,36,39)/t25-,26-,30+/m0/s1. The molecule has 0 fully saturated rings. The van der Waals surface area contributed by atoms with Gasteiger partial charge in [-0.1, -0.05) is 56.3 Å². The van der Waals surface area contributed by atoms with Crippen molar-refractivity contribution in [2.75, 3.05) is 6.79 Å². The highest BCUT2D eigenvalue weighted by molar-refractivity contribution is 6.04. The molecule has 4 heterocycles. The summed E-state index contributed by atoms with van der Waals surface area (Å²) in [6.07, 6.45) is 0.815. The van der Waals surface area contributed by atoms with E-state index in [1.54, 1.807) is 4.90 Å². The number of aromatic amines is 1. The van der Waals surface area contributed by atoms with Crippen LogP contribution < -0.4 is 20.1 Å². The topological polar surface area (TPSA) is 113 Å². The van der Waals surface area contributed by atoms with Crippen molar-refractivity contribution in [2.24, 2.45) is 5.92 Å². The van der Waals surface area contributed by atoms with E-state index in [2.05, 4.69) is 15.6 Å². The summed E-state index contributed by atoms with van der Waals surface area (Å²) in [5, 5.41) is 7.04. The highest BCUT2D eigenvalue weighted by Crippen LogP contribution is 2.46. The molecule has 3 amide bonds. The molecule has 0 unspecified atom stereocenters. The van der Waals surface area contributed by atoms with E-state index in [0.717, 1.165) is 33.3 Å². The summed E-state index contributed by atoms with van der Waals surface area (Å²) in [6.45, 7) is 4.49. The normalized spacial score (nSPS) is 18.9. The predicted molar refractivity (Wildman–Crippen MR) is 156 cm³/mol. The van der Waals surface area contributed by atoms with Gasteiger partial charge >= 0.3 is 0 Å². The molecule has 7 rings (SSSR count). The molecule has 214 valence electrons. The zero-order valence-corrected chi connectivity index (χ0v) is 23.5. The summed E-state index contributed by atoms with van der Waals surface area (Å²) in [4.78, 5) is 46.5. The van der Waals surface area contributed by atoms with Crippen LogP contribution in [0, 0.1) is 5.92 Å². The number of hydrogen-bond donors (Lipinski definition) is 3. The first-order valence-corrected chi connectivity index (χ1v) is 14.4. The van der Waals surface area contributed by atoms with Gasteiger partial charge in [0.1, 0.15) is 12.1 Å². The summed E-state index contributed by atoms with van der Waals surface area (Å²) >= 11 is 0. The molecule has 3 aliphatic rings. The molecule has 1 aromatic heterocycles. The van der Waals surface area contributed by atoms with Gasteiger partial charge in [0, 0.05) is 35.1 Å². The molecule has 0 saturated heterocycles. The highest BCUT2D eigenvalue weighted by atomic mass is 16.7. The van der Waals surface area contributed by atoms with Crippen LogP contribution in [0.2, 0.25) is 0 Å². The molecule has 9 nitrogen and oxygen atoms in total. The smallest absolute Gasteiger partial charge is 0.255 e. The Morgan fingerprint density at radius 3 is 2.67 bits per heavy atom. The number of carbonyl (C=O) groups excluding carboxylic acids is 3. The van der Waals surface area contributed by atoms with E-state index in [4.69, 9.17) is 9.47 Å². The number of amides is 3. The minimum Gasteiger partial charge on any atom is -0.454 e. The Labute approximate surface area is 243 Å². The van der Waals surface area contributed by atoms with Crippen LogP contribution in [0.4, 0.5) is 0 Å². The quantitative estimate of drug-likeness (QED) is 0.311. The molecule has 9 heteroatoms. The number of fused-ring (bicyclic) bond motifs is 8. The first-order valence-electron chi connectivity index (χ1n) is 14.4. The largest absolute Gasteiger partial charge is 0.454 e. The molecular formula is C33H32N4O5. The van der Waals surface area contributed by atoms with Crippen LogP contribution >= 0.6 is 0 Å². The summed E-state index contributed by atoms with van der Waals surface area (Å²) < 4.78 is 10.8. The molecule has 3 aliphatic heterocycles. The van der Waals surface area contributed by atoms with Gasteiger partial charge in [-0.25, -0.2) is 0 Å². The number of H-pyrrole nitrogens is 1. The Morgan fingerprint density at radius 2 is 1.81 bits per heavy atom. The van der Waals surface area contributed by atoms with Gasteiger partial charge in [-0.2, -0.15) is 0 Å². The molecular weight excluding hydrogens is 532 g/mol. The SMILES string of the molecule is CC(C)C[C@H](NC(=O)[C@@H]1Cc2c([nH]c3ccccc23)[C@H]2c3ccccc3C(=O)N21)C(=O)NCc1ccc2c(c1)OCO2. The van der Waals surface area contributed by atoms with E-state index in [1.807, 2.05) is 80.6 Å². The third kappa shape index (κ3) is 4.36. The van der Waals surface area contributed by atoms with Crippen molar-refractivity contribution in [1.29, 1.82) is 0 Å². The van der Waals surface area contributed by atoms with E-state index in [1.165, 1.54) is 0 Å². The number of rotatable bonds is 7. The number of aromatic nitrogens is 1. The Morgan fingerprint density at radius 1 is 1.02 bits per heavy atom. The van der Waals surface area contributed by atoms with E-state index in [-0.39, 0.29) is 37.0 Å². The minimum atomic E-state index is -0.766. The first-order chi connectivity index (χ1) is 20.4. The van der Waals surface area contributed by atoms with Crippen LogP contribution in [0.3, 0.4) is 0 Å². The van der Waals surface area contributed by atoms with Gasteiger partial charge < -0.3 is 30.0 Å². The second-order valence-corrected chi connectivity index (χ2v) is 11.6. The Bertz CT molecular complexity index is 1730. The molecule has 3 N–H and O–H groups in total. The lowest BCUT2D eigenvalue weighted by Crippen LogP contribution is -2.56. The van der Waals surface area contributed by atoms with Crippen molar-refractivity contribution >= 4 is 28.6 Å². The van der Waals surface area contributed by atoms with Gasteiger partial charge in [0.05, 0.1) is 6.04 Å². The molecule has 0 radical (unpaired) electrons. The molecule has 0 saturated carbocycles. The highest BCUT2D eigenvalue weighted by Gasteiger charge is 2.49. The van der Waals surface area contributed by atoms with E-state index < -0.39 is 18.1 Å². The Hall–Kier alpha value is -4.79. The van der Waals surface area contributed by atoms with Gasteiger partial charge in [0.2, 0.25) is 18.6 Å². The number of nitrogens with zero attached hydrogens (tertiary/aromatic N) is 1. The Kier molecular flexibility index (Phi) is 6.37. The minimum absolute atomic E-state index is 0.156. The van der Waals surface area contributed by atoms with Crippen molar-refractivity contribution in [3.8, 4) is 11.5 Å². The second-order valence-electron chi connectivity index (χ2n) is 11.6. The fraction of sp³-hybridized carbons (Fsp3) is 0.303. The van der Waals surface area contributed by atoms with Crippen molar-refractivity contribution in [3.63, 3.8) is 0 Å². The monoisotopic (exact) mass is 564 g/mol. The third-order valence-electron chi connectivity index (χ3n) is 8.40. The number of para-hydroxylation sites is 1. The van der Waals surface area contributed by atoms with E-state index in [9.17, 15) is 14.4 Å². The van der Waals surface area contributed by atoms with Crippen molar-refractivity contribution < 1.29 is 23.9 Å². The molecule has 3 atom stereocenters. The molecule has 4 aromatic rings. The lowest BCUT2D eigenvalue weighted by atomic mass is 9.89. The van der Waals surface area contributed by atoms with Crippen LogP contribution in [0.25, 0.3) is 10.9 Å². The number of ether oxygens (including phenoxy) is 2. The van der Waals surface area contributed by atoms with Gasteiger partial charge in [-0.05, 0) is 53.3 Å². The van der Waals surface area contributed by atoms with Crippen molar-refractivity contribution in [2.45, 2.75) is 51.4 Å². The molecule has 0 spiro atoms. The van der Waals surface area contributed by atoms with Crippen LogP contribution in [-0.4, -0.2) is 46.5 Å². The summed E-state index contributed by atoms with van der Waals surface area (Å²) in [5.41, 5.74) is 5.30. The van der Waals surface area contributed by atoms with Crippen LogP contribution in [0.15, 0.2) is 66.7 Å². The zero-order valence-electron chi connectivity index (χ0n) is 23.5. The fourth-order valence-electron chi connectivity index (χ4n) is 6.47. The predicted octanol–water partition coefficient (Wildman–Crippen LogP) is 4.21. The van der Waals surface area contributed by atoms with Crippen LogP contribution in [-0.2, 0) is 22.6 Å². The second kappa shape index (κ2) is 10.2. The van der Waals surface area contributed by atoms with Gasteiger partial charge in [0.15, 0.2) is 11.5 Å². The van der Waals surface area contributed by atoms with Crippen molar-refractivity contribution in [3.05, 3.63) is 94.7 Å². The van der Waals surface area contributed by atoms with E-state index >= 15 is 0 Å². The number of nitrogens with one attached hydrogen (secondary N) is 3. The lowest BCUT2D eigenvalue weighted by molar-refractivity contribution is -0.132. The van der Waals surface area contributed by atoms with Crippen molar-refractivity contribution in [1.82, 2.24) is 20.5 Å². The van der Waals surface area contributed by atoms with Gasteiger partial charge in [-0.3, -0.25) is 14.4 Å². The molecule has 3 aromatic carbocycles. The van der Waals surface area contributed by atoms with Crippen LogP contribution in [0.1, 0.15) is 59.1 Å². The summed E-state index contributed by atoms with van der Waals surface area (Å²) in [7, 11) is 0. The first kappa shape index (κ1) is 26.1. The summed E-state index contributed by atoms with van der Waals surface area (Å²) in [5.74, 6) is 0.703. The maximum absolute atomic E-state index is 14.1. The fourth-order valence-corrected chi connectivity index (χ4v) is 6.47. The number of hydrogen-bond acceptors (Lipinski definition) is 5. The summed E-state index contributed by atoms with van der Waals surface area (Å²) in [6, 6.07) is 19.2. The van der Waals surface area contributed by atoms with Gasteiger partial charge in [-0.15, -0.1) is 0 Å². The van der Waals surface area contributed by atoms with E-state index in [0.29, 0.717) is 29.9 Å². The average molecular weight is 565 g/mol. The molecule has 0 bridgehead atoms. The van der Waals surface area contributed by atoms with Crippen LogP contribution in [0.5, 0.6) is 11.5 Å². The van der Waals surface area contributed by atoms with Gasteiger partial charge in [0.25, 0.3) is 5.91 Å².